The van der Waals surface area contributed by atoms with E-state index in [1.165, 1.54) is 24.3 Å². The Kier molecular flexibility index (Phi) is 3.68. The number of hydrogen-bond acceptors (Lipinski definition) is 4. The standard InChI is InChI=1S/C10H12ClNO4S2/c11-8-1-3-10(4-2-8)18(15,16)12-9-5-6-17(13,14)7-9/h1-4,9,12H,5-7H2/t9-/m0/s1. The predicted molar refractivity (Wildman–Crippen MR) is 68.8 cm³/mol. The van der Waals surface area contributed by atoms with Crippen molar-refractivity contribution in [2.24, 2.45) is 0 Å². The molecule has 1 aliphatic heterocycles. The lowest BCUT2D eigenvalue weighted by molar-refractivity contribution is 0.562. The van der Waals surface area contributed by atoms with Gasteiger partial charge in [-0.3, -0.25) is 0 Å². The molecule has 0 unspecified atom stereocenters. The lowest BCUT2D eigenvalue weighted by atomic mass is 10.3. The van der Waals surface area contributed by atoms with Crippen LogP contribution in [0.2, 0.25) is 5.02 Å². The van der Waals surface area contributed by atoms with Crippen LogP contribution in [0.15, 0.2) is 29.2 Å². The lowest BCUT2D eigenvalue weighted by Crippen LogP contribution is -2.35. The SMILES string of the molecule is O=S1(=O)CC[C@H](NS(=O)(=O)c2ccc(Cl)cc2)C1. The molecular weight excluding hydrogens is 298 g/mol. The second kappa shape index (κ2) is 4.80. The smallest absolute Gasteiger partial charge is 0.229 e. The van der Waals surface area contributed by atoms with Crippen molar-refractivity contribution in [2.75, 3.05) is 11.5 Å². The Morgan fingerprint density at radius 2 is 1.83 bits per heavy atom. The van der Waals surface area contributed by atoms with Gasteiger partial charge in [-0.1, -0.05) is 11.6 Å². The Hall–Kier alpha value is -0.630. The van der Waals surface area contributed by atoms with Crippen LogP contribution in [0.4, 0.5) is 0 Å². The minimum atomic E-state index is -3.68. The molecule has 1 N–H and O–H groups in total. The molecule has 0 bridgehead atoms. The van der Waals surface area contributed by atoms with E-state index in [1.54, 1.807) is 0 Å². The van der Waals surface area contributed by atoms with Crippen LogP contribution < -0.4 is 4.72 Å². The summed E-state index contributed by atoms with van der Waals surface area (Å²) in [4.78, 5) is 0.0798. The van der Waals surface area contributed by atoms with Gasteiger partial charge in [0.05, 0.1) is 16.4 Å². The maximum atomic E-state index is 12.0. The van der Waals surface area contributed by atoms with E-state index in [4.69, 9.17) is 11.6 Å². The number of halogens is 1. The average molecular weight is 310 g/mol. The first-order chi connectivity index (χ1) is 8.28. The van der Waals surface area contributed by atoms with Crippen LogP contribution in [-0.2, 0) is 19.9 Å². The van der Waals surface area contributed by atoms with Gasteiger partial charge in [-0.05, 0) is 30.7 Å². The Balaban J connectivity index is 2.16. The number of sulfonamides is 1. The first-order valence-electron chi connectivity index (χ1n) is 5.27. The van der Waals surface area contributed by atoms with Gasteiger partial charge in [-0.15, -0.1) is 0 Å². The van der Waals surface area contributed by atoms with E-state index in [9.17, 15) is 16.8 Å². The van der Waals surface area contributed by atoms with Gasteiger partial charge in [0.15, 0.2) is 9.84 Å². The zero-order valence-corrected chi connectivity index (χ0v) is 11.7. The fourth-order valence-electron chi connectivity index (χ4n) is 1.79. The Morgan fingerprint density at radius 1 is 1.22 bits per heavy atom. The van der Waals surface area contributed by atoms with Crippen LogP contribution in [0, 0.1) is 0 Å². The van der Waals surface area contributed by atoms with Gasteiger partial charge in [0, 0.05) is 11.1 Å². The Labute approximate surface area is 111 Å². The van der Waals surface area contributed by atoms with Crippen LogP contribution in [0.1, 0.15) is 6.42 Å². The van der Waals surface area contributed by atoms with Crippen molar-refractivity contribution in [3.8, 4) is 0 Å². The normalized spacial score (nSPS) is 23.1. The van der Waals surface area contributed by atoms with Crippen LogP contribution in [0.25, 0.3) is 0 Å². The van der Waals surface area contributed by atoms with Gasteiger partial charge >= 0.3 is 0 Å². The molecule has 1 fully saturated rings. The summed E-state index contributed by atoms with van der Waals surface area (Å²) in [7, 11) is -6.79. The molecule has 0 spiro atoms. The van der Waals surface area contributed by atoms with Gasteiger partial charge in [-0.2, -0.15) is 0 Å². The fourth-order valence-corrected chi connectivity index (χ4v) is 4.96. The number of nitrogens with one attached hydrogen (secondary N) is 1. The van der Waals surface area contributed by atoms with Crippen LogP contribution in [-0.4, -0.2) is 34.4 Å². The molecule has 100 valence electrons. The van der Waals surface area contributed by atoms with Crippen molar-refractivity contribution in [1.29, 1.82) is 0 Å². The van der Waals surface area contributed by atoms with Crippen molar-refractivity contribution in [3.05, 3.63) is 29.3 Å². The van der Waals surface area contributed by atoms with Gasteiger partial charge in [0.2, 0.25) is 10.0 Å². The minimum absolute atomic E-state index is 0.0286. The molecule has 0 aliphatic carbocycles. The molecule has 1 aromatic carbocycles. The van der Waals surface area contributed by atoms with Crippen molar-refractivity contribution >= 4 is 31.5 Å². The third-order valence-electron chi connectivity index (χ3n) is 2.68. The summed E-state index contributed by atoms with van der Waals surface area (Å²) in [5.74, 6) is -0.110. The quantitative estimate of drug-likeness (QED) is 0.896. The van der Waals surface area contributed by atoms with Crippen LogP contribution >= 0.6 is 11.6 Å². The van der Waals surface area contributed by atoms with Gasteiger partial charge in [0.1, 0.15) is 0 Å². The molecule has 1 aromatic rings. The monoisotopic (exact) mass is 309 g/mol. The summed E-state index contributed by atoms with van der Waals surface area (Å²) in [6.45, 7) is 0. The molecule has 0 amide bonds. The van der Waals surface area contributed by atoms with E-state index in [0.29, 0.717) is 11.4 Å². The molecule has 8 heteroatoms. The first kappa shape index (κ1) is 13.8. The highest BCUT2D eigenvalue weighted by molar-refractivity contribution is 7.92. The second-order valence-corrected chi connectivity index (χ2v) is 8.55. The van der Waals surface area contributed by atoms with Crippen molar-refractivity contribution in [3.63, 3.8) is 0 Å². The predicted octanol–water partition coefficient (Wildman–Crippen LogP) is 0.805. The molecule has 1 saturated heterocycles. The van der Waals surface area contributed by atoms with E-state index in [2.05, 4.69) is 4.72 Å². The van der Waals surface area contributed by atoms with E-state index >= 15 is 0 Å². The Morgan fingerprint density at radius 3 is 2.33 bits per heavy atom. The number of benzene rings is 1. The summed E-state index contributed by atoms with van der Waals surface area (Å²) >= 11 is 5.67. The highest BCUT2D eigenvalue weighted by Gasteiger charge is 2.31. The molecule has 1 heterocycles. The third-order valence-corrected chi connectivity index (χ3v) is 6.23. The average Bonchev–Trinajstić information content (AvgIpc) is 2.57. The van der Waals surface area contributed by atoms with E-state index in [-0.39, 0.29) is 16.4 Å². The van der Waals surface area contributed by atoms with Crippen molar-refractivity contribution in [2.45, 2.75) is 17.4 Å². The van der Waals surface area contributed by atoms with Crippen LogP contribution in [0.5, 0.6) is 0 Å². The highest BCUT2D eigenvalue weighted by atomic mass is 35.5. The van der Waals surface area contributed by atoms with E-state index in [0.717, 1.165) is 0 Å². The van der Waals surface area contributed by atoms with Crippen LogP contribution in [0.3, 0.4) is 0 Å². The second-order valence-electron chi connectivity index (χ2n) is 4.18. The molecule has 5 nitrogen and oxygen atoms in total. The van der Waals surface area contributed by atoms with Crippen molar-refractivity contribution in [1.82, 2.24) is 4.72 Å². The van der Waals surface area contributed by atoms with E-state index in [1.807, 2.05) is 0 Å². The van der Waals surface area contributed by atoms with E-state index < -0.39 is 25.9 Å². The molecule has 0 aromatic heterocycles. The summed E-state index contributed by atoms with van der Waals surface area (Å²) < 4.78 is 48.8. The summed E-state index contributed by atoms with van der Waals surface area (Å²) in [5, 5.41) is 0.442. The number of sulfone groups is 1. The maximum Gasteiger partial charge on any atom is 0.240 e. The van der Waals surface area contributed by atoms with Gasteiger partial charge in [0.25, 0.3) is 0 Å². The third kappa shape index (κ3) is 3.23. The summed E-state index contributed by atoms with van der Waals surface area (Å²) in [6.07, 6.45) is 0.315. The highest BCUT2D eigenvalue weighted by Crippen LogP contribution is 2.17. The molecular formula is C10H12ClNO4S2. The molecule has 0 radical (unpaired) electrons. The topological polar surface area (TPSA) is 80.3 Å². The molecule has 18 heavy (non-hydrogen) atoms. The number of hydrogen-bond donors (Lipinski definition) is 1. The molecule has 1 atom stereocenters. The molecule has 0 saturated carbocycles. The zero-order chi connectivity index (χ0) is 13.4. The molecule has 2 rings (SSSR count). The number of rotatable bonds is 3. The maximum absolute atomic E-state index is 12.0. The minimum Gasteiger partial charge on any atom is -0.229 e. The first-order valence-corrected chi connectivity index (χ1v) is 8.95. The molecule has 1 aliphatic rings. The summed E-state index contributed by atoms with van der Waals surface area (Å²) in [6, 6.07) is 5.17. The van der Waals surface area contributed by atoms with Gasteiger partial charge in [-0.25, -0.2) is 21.6 Å². The summed E-state index contributed by atoms with van der Waals surface area (Å²) in [5.41, 5.74) is 0. The lowest BCUT2D eigenvalue weighted by Gasteiger charge is -2.11. The zero-order valence-electron chi connectivity index (χ0n) is 9.34. The van der Waals surface area contributed by atoms with Gasteiger partial charge < -0.3 is 0 Å². The van der Waals surface area contributed by atoms with Crippen molar-refractivity contribution < 1.29 is 16.8 Å². The fraction of sp³-hybridized carbons (Fsp3) is 0.400. The Bertz CT molecular complexity index is 637. The largest absolute Gasteiger partial charge is 0.240 e.